The second-order valence-corrected chi connectivity index (χ2v) is 10.4. The van der Waals surface area contributed by atoms with E-state index in [2.05, 4.69) is 15.3 Å². The molecule has 0 aliphatic carbocycles. The van der Waals surface area contributed by atoms with Crippen molar-refractivity contribution in [1.29, 1.82) is 0 Å². The lowest BCUT2D eigenvalue weighted by molar-refractivity contribution is -0.137. The van der Waals surface area contributed by atoms with Crippen LogP contribution in [0.25, 0.3) is 0 Å². The number of anilines is 2. The molecule has 0 spiro atoms. The molecule has 11 heteroatoms. The first-order valence-corrected chi connectivity index (χ1v) is 13.8. The molecule has 2 aromatic carbocycles. The van der Waals surface area contributed by atoms with Gasteiger partial charge in [-0.05, 0) is 60.7 Å². The summed E-state index contributed by atoms with van der Waals surface area (Å²) >= 11 is 0. The van der Waals surface area contributed by atoms with Gasteiger partial charge in [-0.25, -0.2) is 4.98 Å². The second kappa shape index (κ2) is 11.3. The Labute approximate surface area is 240 Å². The molecule has 0 radical (unpaired) electrons. The Bertz CT molecular complexity index is 1620. The van der Waals surface area contributed by atoms with Crippen molar-refractivity contribution < 1.29 is 27.5 Å². The van der Waals surface area contributed by atoms with Gasteiger partial charge in [0.15, 0.2) is 5.78 Å². The molecule has 1 N–H and O–H groups in total. The fraction of sp³-hybridized carbons (Fsp3) is 0.290. The number of para-hydroxylation sites is 1. The van der Waals surface area contributed by atoms with E-state index < -0.39 is 17.6 Å². The van der Waals surface area contributed by atoms with Crippen molar-refractivity contribution >= 4 is 23.3 Å². The fourth-order valence-corrected chi connectivity index (χ4v) is 5.48. The summed E-state index contributed by atoms with van der Waals surface area (Å²) in [7, 11) is 0. The van der Waals surface area contributed by atoms with Gasteiger partial charge in [0.05, 0.1) is 18.0 Å². The molecule has 2 aliphatic rings. The Kier molecular flexibility index (Phi) is 7.40. The summed E-state index contributed by atoms with van der Waals surface area (Å²) in [4.78, 5) is 36.5. The Morgan fingerprint density at radius 3 is 2.69 bits per heavy atom. The van der Waals surface area contributed by atoms with Crippen LogP contribution >= 0.6 is 0 Å². The van der Waals surface area contributed by atoms with Crippen LogP contribution in [0.2, 0.25) is 0 Å². The van der Waals surface area contributed by atoms with Crippen LogP contribution < -0.4 is 15.0 Å². The van der Waals surface area contributed by atoms with Crippen LogP contribution in [0.4, 0.5) is 24.8 Å². The van der Waals surface area contributed by atoms with Gasteiger partial charge in [0.25, 0.3) is 5.91 Å². The van der Waals surface area contributed by atoms with E-state index in [1.807, 2.05) is 52.1 Å². The maximum absolute atomic E-state index is 13.2. The van der Waals surface area contributed by atoms with Gasteiger partial charge in [-0.3, -0.25) is 9.59 Å². The Balaban J connectivity index is 1.17. The van der Waals surface area contributed by atoms with E-state index >= 15 is 0 Å². The lowest BCUT2D eigenvalue weighted by Gasteiger charge is -2.19. The van der Waals surface area contributed by atoms with Gasteiger partial charge >= 0.3 is 6.18 Å². The smallest absolute Gasteiger partial charge is 0.416 e. The molecule has 216 valence electrons. The first kappa shape index (κ1) is 27.5. The summed E-state index contributed by atoms with van der Waals surface area (Å²) in [5.41, 5.74) is 2.98. The summed E-state index contributed by atoms with van der Waals surface area (Å²) in [5.74, 6) is -0.0481. The Morgan fingerprint density at radius 2 is 1.88 bits per heavy atom. The number of carbonyl (C=O) groups excluding carboxylic acids is 2. The molecule has 2 aromatic heterocycles. The standard InChI is InChI=1S/C31H28F3N5O3/c32-31(33,34)22-11-9-20(10-12-22)19-42-29-24(17-36-30(37-29)39-16-13-21-5-1-2-7-25(21)39)28(41)35-14-3-6-23-26-8-4-15-38(26)18-27(23)40/h1-2,4-5,7-12,15,17,23H,3,6,13-14,16,18-19H2,(H,35,41). The molecule has 1 unspecified atom stereocenters. The molecular formula is C31H28F3N5O3. The van der Waals surface area contributed by atoms with Crippen LogP contribution in [-0.4, -0.2) is 39.3 Å². The van der Waals surface area contributed by atoms with Crippen molar-refractivity contribution in [3.05, 3.63) is 101 Å². The number of aromatic nitrogens is 3. The maximum Gasteiger partial charge on any atom is 0.416 e. The molecule has 4 aromatic rings. The van der Waals surface area contributed by atoms with E-state index in [-0.39, 0.29) is 29.8 Å². The molecule has 1 atom stereocenters. The number of Topliss-reactive ketones (excluding diaryl/α,β-unsaturated/α-hetero) is 1. The minimum Gasteiger partial charge on any atom is -0.472 e. The van der Waals surface area contributed by atoms with Gasteiger partial charge in [-0.1, -0.05) is 30.3 Å². The summed E-state index contributed by atoms with van der Waals surface area (Å²) < 4.78 is 46.8. The Morgan fingerprint density at radius 1 is 1.07 bits per heavy atom. The van der Waals surface area contributed by atoms with E-state index in [0.717, 1.165) is 35.5 Å². The molecule has 0 saturated carbocycles. The second-order valence-electron chi connectivity index (χ2n) is 10.4. The number of hydrogen-bond acceptors (Lipinski definition) is 6. The number of alkyl halides is 3. The third-order valence-electron chi connectivity index (χ3n) is 7.66. The van der Waals surface area contributed by atoms with Gasteiger partial charge in [-0.2, -0.15) is 18.2 Å². The highest BCUT2D eigenvalue weighted by Crippen LogP contribution is 2.34. The monoisotopic (exact) mass is 575 g/mol. The van der Waals surface area contributed by atoms with Crippen LogP contribution in [0, 0.1) is 0 Å². The van der Waals surface area contributed by atoms with Gasteiger partial charge < -0.3 is 19.5 Å². The van der Waals surface area contributed by atoms with Crippen LogP contribution in [0.3, 0.4) is 0 Å². The highest BCUT2D eigenvalue weighted by atomic mass is 19.4. The number of rotatable bonds is 9. The lowest BCUT2D eigenvalue weighted by Crippen LogP contribution is -2.27. The van der Waals surface area contributed by atoms with Crippen molar-refractivity contribution in [3.63, 3.8) is 0 Å². The number of ether oxygens (including phenoxy) is 1. The molecule has 0 bridgehead atoms. The summed E-state index contributed by atoms with van der Waals surface area (Å²) in [5, 5.41) is 2.87. The zero-order valence-corrected chi connectivity index (χ0v) is 22.6. The van der Waals surface area contributed by atoms with E-state index in [0.29, 0.717) is 44.0 Å². The summed E-state index contributed by atoms with van der Waals surface area (Å²) in [6, 6.07) is 16.4. The number of nitrogens with zero attached hydrogens (tertiary/aromatic N) is 4. The SMILES string of the molecule is O=C(NCCCC1C(=O)Cn2cccc21)c1cnc(N2CCc3ccccc32)nc1OCc1ccc(C(F)(F)F)cc1. The molecule has 0 saturated heterocycles. The topological polar surface area (TPSA) is 89.4 Å². The van der Waals surface area contributed by atoms with Crippen molar-refractivity contribution in [2.45, 2.75) is 44.5 Å². The molecule has 0 fully saturated rings. The summed E-state index contributed by atoms with van der Waals surface area (Å²) in [6.45, 7) is 1.29. The largest absolute Gasteiger partial charge is 0.472 e. The zero-order valence-electron chi connectivity index (χ0n) is 22.6. The molecule has 42 heavy (non-hydrogen) atoms. The van der Waals surface area contributed by atoms with Gasteiger partial charge in [0, 0.05) is 36.9 Å². The predicted octanol–water partition coefficient (Wildman–Crippen LogP) is 5.45. The first-order chi connectivity index (χ1) is 20.3. The predicted molar refractivity (Wildman–Crippen MR) is 149 cm³/mol. The minimum absolute atomic E-state index is 0.0329. The minimum atomic E-state index is -4.44. The van der Waals surface area contributed by atoms with Crippen molar-refractivity contribution in [1.82, 2.24) is 19.9 Å². The molecular weight excluding hydrogens is 547 g/mol. The average Bonchev–Trinajstić information content (AvgIpc) is 3.69. The number of fused-ring (bicyclic) bond motifs is 2. The third kappa shape index (κ3) is 5.59. The van der Waals surface area contributed by atoms with E-state index in [9.17, 15) is 22.8 Å². The summed E-state index contributed by atoms with van der Waals surface area (Å²) in [6.07, 6.45) is 0.897. The van der Waals surface area contributed by atoms with Crippen molar-refractivity contribution in [2.24, 2.45) is 0 Å². The van der Waals surface area contributed by atoms with E-state index in [1.165, 1.54) is 18.3 Å². The Hall–Kier alpha value is -4.67. The van der Waals surface area contributed by atoms with Gasteiger partial charge in [-0.15, -0.1) is 0 Å². The normalized spacial score (nSPS) is 15.9. The number of hydrogen-bond donors (Lipinski definition) is 1. The van der Waals surface area contributed by atoms with Crippen molar-refractivity contribution in [3.8, 4) is 5.88 Å². The van der Waals surface area contributed by atoms with Crippen LogP contribution in [0.5, 0.6) is 5.88 Å². The maximum atomic E-state index is 13.2. The fourth-order valence-electron chi connectivity index (χ4n) is 5.48. The van der Waals surface area contributed by atoms with Gasteiger partial charge in [0.2, 0.25) is 11.8 Å². The lowest BCUT2D eigenvalue weighted by atomic mass is 9.97. The molecule has 2 aliphatic heterocycles. The van der Waals surface area contributed by atoms with Crippen LogP contribution in [0.15, 0.2) is 73.1 Å². The van der Waals surface area contributed by atoms with Crippen molar-refractivity contribution in [2.75, 3.05) is 18.0 Å². The number of halogens is 3. The number of nitrogens with one attached hydrogen (secondary N) is 1. The molecule has 1 amide bonds. The molecule has 6 rings (SSSR count). The zero-order chi connectivity index (χ0) is 29.3. The quantitative estimate of drug-likeness (QED) is 0.267. The third-order valence-corrected chi connectivity index (χ3v) is 7.66. The number of benzene rings is 2. The number of ketones is 1. The highest BCUT2D eigenvalue weighted by molar-refractivity contribution is 5.96. The first-order valence-electron chi connectivity index (χ1n) is 13.8. The average molecular weight is 576 g/mol. The van der Waals surface area contributed by atoms with E-state index in [4.69, 9.17) is 4.74 Å². The molecule has 8 nitrogen and oxygen atoms in total. The molecule has 4 heterocycles. The van der Waals surface area contributed by atoms with Crippen LogP contribution in [-0.2, 0) is 30.5 Å². The van der Waals surface area contributed by atoms with Crippen LogP contribution in [0.1, 0.15) is 51.5 Å². The highest BCUT2D eigenvalue weighted by Gasteiger charge is 2.31. The van der Waals surface area contributed by atoms with E-state index in [1.54, 1.807) is 0 Å². The number of amides is 1. The van der Waals surface area contributed by atoms with Gasteiger partial charge in [0.1, 0.15) is 12.2 Å². The number of carbonyl (C=O) groups is 2.